The summed E-state index contributed by atoms with van der Waals surface area (Å²) in [4.78, 5) is 32.5. The molecule has 2 aliphatic rings. The van der Waals surface area contributed by atoms with E-state index in [9.17, 15) is 9.59 Å². The molecule has 1 saturated carbocycles. The van der Waals surface area contributed by atoms with Crippen LogP contribution in [0.1, 0.15) is 40.2 Å². The number of piperidine rings is 1. The molecular weight excluding hydrogens is 408 g/mol. The third-order valence-corrected chi connectivity index (χ3v) is 7.36. The molecule has 5 rings (SSSR count). The van der Waals surface area contributed by atoms with Crippen molar-refractivity contribution in [1.82, 2.24) is 19.8 Å². The van der Waals surface area contributed by atoms with Gasteiger partial charge in [0.25, 0.3) is 11.5 Å². The van der Waals surface area contributed by atoms with Gasteiger partial charge in [0.1, 0.15) is 5.01 Å². The van der Waals surface area contributed by atoms with E-state index in [1.807, 2.05) is 40.6 Å². The second-order valence-corrected chi connectivity index (χ2v) is 9.54. The molecule has 1 aromatic carbocycles. The third-order valence-electron chi connectivity index (χ3n) is 6.60. The summed E-state index contributed by atoms with van der Waals surface area (Å²) in [5.74, 6) is -0.0163. The lowest BCUT2D eigenvalue weighted by Gasteiger charge is -2.29. The van der Waals surface area contributed by atoms with E-state index < -0.39 is 0 Å². The van der Waals surface area contributed by atoms with Gasteiger partial charge in [-0.2, -0.15) is 0 Å². The molecule has 3 heterocycles. The van der Waals surface area contributed by atoms with Crippen LogP contribution in [0.4, 0.5) is 0 Å². The van der Waals surface area contributed by atoms with Gasteiger partial charge in [-0.15, -0.1) is 11.3 Å². The molecule has 1 saturated heterocycles. The number of carbonyl (C=O) groups excluding carboxylic acids is 1. The highest BCUT2D eigenvalue weighted by atomic mass is 32.1. The van der Waals surface area contributed by atoms with E-state index in [0.29, 0.717) is 18.7 Å². The summed E-state index contributed by atoms with van der Waals surface area (Å²) in [6.45, 7) is 3.00. The molecule has 1 atom stereocenters. The zero-order chi connectivity index (χ0) is 21.3. The van der Waals surface area contributed by atoms with Crippen LogP contribution >= 0.6 is 11.3 Å². The van der Waals surface area contributed by atoms with E-state index in [4.69, 9.17) is 0 Å². The topological polar surface area (TPSA) is 67.2 Å². The third kappa shape index (κ3) is 4.20. The number of rotatable bonds is 6. The van der Waals surface area contributed by atoms with E-state index in [2.05, 4.69) is 10.3 Å². The Morgan fingerprint density at radius 2 is 2.00 bits per heavy atom. The normalized spacial score (nSPS) is 19.3. The second kappa shape index (κ2) is 8.40. The monoisotopic (exact) mass is 434 g/mol. The summed E-state index contributed by atoms with van der Waals surface area (Å²) in [5, 5.41) is 6.33. The fourth-order valence-corrected chi connectivity index (χ4v) is 5.37. The van der Waals surface area contributed by atoms with Gasteiger partial charge in [0, 0.05) is 29.9 Å². The van der Waals surface area contributed by atoms with Gasteiger partial charge in [-0.05, 0) is 49.4 Å². The molecule has 160 valence electrons. The van der Waals surface area contributed by atoms with Gasteiger partial charge in [0.15, 0.2) is 0 Å². The molecule has 1 N–H and O–H groups in total. The molecule has 7 heteroatoms. The quantitative estimate of drug-likeness (QED) is 0.647. The Labute approximate surface area is 185 Å². The fourth-order valence-electron chi connectivity index (χ4n) is 4.76. The number of aromatic nitrogens is 2. The summed E-state index contributed by atoms with van der Waals surface area (Å²) < 4.78 is 1.62. The Morgan fingerprint density at radius 3 is 2.74 bits per heavy atom. The Kier molecular flexibility index (Phi) is 5.46. The van der Waals surface area contributed by atoms with Crippen LogP contribution in [0.3, 0.4) is 0 Å². The molecule has 1 amide bonds. The molecular formula is C24H26N4O2S. The Bertz CT molecular complexity index is 1100. The van der Waals surface area contributed by atoms with E-state index in [-0.39, 0.29) is 22.9 Å². The highest BCUT2D eigenvalue weighted by molar-refractivity contribution is 7.09. The van der Waals surface area contributed by atoms with Crippen LogP contribution < -0.4 is 10.9 Å². The molecule has 1 aliphatic heterocycles. The van der Waals surface area contributed by atoms with Gasteiger partial charge in [-0.1, -0.05) is 30.3 Å². The largest absolute Gasteiger partial charge is 0.328 e. The molecule has 1 unspecified atom stereocenters. The van der Waals surface area contributed by atoms with Crippen LogP contribution in [0.25, 0.3) is 0 Å². The summed E-state index contributed by atoms with van der Waals surface area (Å²) >= 11 is 1.58. The lowest BCUT2D eigenvalue weighted by molar-refractivity contribution is 0.0691. The van der Waals surface area contributed by atoms with E-state index in [0.717, 1.165) is 42.9 Å². The van der Waals surface area contributed by atoms with Crippen LogP contribution in [0.5, 0.6) is 0 Å². The Balaban J connectivity index is 1.42. The van der Waals surface area contributed by atoms with Crippen LogP contribution in [-0.4, -0.2) is 39.5 Å². The minimum atomic E-state index is -0.104. The van der Waals surface area contributed by atoms with Crippen molar-refractivity contribution < 1.29 is 4.79 Å². The summed E-state index contributed by atoms with van der Waals surface area (Å²) in [6.07, 6.45) is 6.76. The minimum Gasteiger partial charge on any atom is -0.328 e. The first kappa shape index (κ1) is 20.2. The van der Waals surface area contributed by atoms with Crippen LogP contribution in [0.2, 0.25) is 0 Å². The molecule has 6 nitrogen and oxygen atoms in total. The van der Waals surface area contributed by atoms with Crippen molar-refractivity contribution in [1.29, 1.82) is 0 Å². The van der Waals surface area contributed by atoms with E-state index >= 15 is 0 Å². The smallest absolute Gasteiger partial charge is 0.255 e. The number of pyridine rings is 1. The second-order valence-electron chi connectivity index (χ2n) is 8.56. The number of carbonyl (C=O) groups is 1. The number of thiazole rings is 1. The van der Waals surface area contributed by atoms with Crippen molar-refractivity contribution in [2.24, 2.45) is 5.41 Å². The number of nitrogens with zero attached hydrogens (tertiary/aromatic N) is 3. The Morgan fingerprint density at radius 1 is 1.19 bits per heavy atom. The van der Waals surface area contributed by atoms with Crippen molar-refractivity contribution in [2.45, 2.75) is 38.4 Å². The fraction of sp³-hybridized carbons (Fsp3) is 0.375. The molecule has 2 aromatic heterocycles. The number of nitrogens with one attached hydrogen (secondary N) is 1. The maximum Gasteiger partial charge on any atom is 0.255 e. The first-order valence-corrected chi connectivity index (χ1v) is 11.7. The molecule has 0 radical (unpaired) electrons. The van der Waals surface area contributed by atoms with E-state index in [1.54, 1.807) is 34.4 Å². The SMILES string of the molecule is O=C(c1ccc(=O)n(Cc2ccccc2)c1)N(Cc1nccs1)C1CC12CCNCC2. The van der Waals surface area contributed by atoms with Crippen LogP contribution in [0, 0.1) is 5.41 Å². The van der Waals surface area contributed by atoms with Gasteiger partial charge >= 0.3 is 0 Å². The van der Waals surface area contributed by atoms with Gasteiger partial charge in [-0.25, -0.2) is 4.98 Å². The van der Waals surface area contributed by atoms with Crippen LogP contribution in [-0.2, 0) is 13.1 Å². The molecule has 1 aliphatic carbocycles. The van der Waals surface area contributed by atoms with Crippen molar-refractivity contribution >= 4 is 17.2 Å². The van der Waals surface area contributed by atoms with E-state index in [1.165, 1.54) is 6.07 Å². The maximum atomic E-state index is 13.7. The zero-order valence-corrected chi connectivity index (χ0v) is 18.2. The number of hydrogen-bond donors (Lipinski definition) is 1. The molecule has 2 fully saturated rings. The first-order valence-electron chi connectivity index (χ1n) is 10.8. The van der Waals surface area contributed by atoms with Crippen molar-refractivity contribution in [3.8, 4) is 0 Å². The predicted octanol–water partition coefficient (Wildman–Crippen LogP) is 3.14. The summed E-state index contributed by atoms with van der Waals surface area (Å²) in [5.41, 5.74) is 1.72. The molecule has 0 bridgehead atoms. The maximum absolute atomic E-state index is 13.7. The molecule has 3 aromatic rings. The number of amides is 1. The molecule has 1 spiro atoms. The van der Waals surface area contributed by atoms with Gasteiger partial charge in [-0.3, -0.25) is 9.59 Å². The standard InChI is InChI=1S/C24H26N4O2S/c29-22-7-6-19(16-27(22)15-18-4-2-1-3-5-18)23(30)28(17-21-26-12-13-31-21)20-14-24(20)8-10-25-11-9-24/h1-7,12-13,16,20,25H,8-11,14-15,17H2. The lowest BCUT2D eigenvalue weighted by atomic mass is 9.93. The first-order chi connectivity index (χ1) is 15.1. The van der Waals surface area contributed by atoms with Gasteiger partial charge < -0.3 is 14.8 Å². The summed E-state index contributed by atoms with van der Waals surface area (Å²) in [6, 6.07) is 13.2. The predicted molar refractivity (Wildman–Crippen MR) is 121 cm³/mol. The van der Waals surface area contributed by atoms with Crippen LogP contribution in [0.15, 0.2) is 65.0 Å². The van der Waals surface area contributed by atoms with Crippen molar-refractivity contribution in [2.75, 3.05) is 13.1 Å². The van der Waals surface area contributed by atoms with Gasteiger partial charge in [0.05, 0.1) is 18.7 Å². The van der Waals surface area contributed by atoms with Crippen molar-refractivity contribution in [3.63, 3.8) is 0 Å². The lowest BCUT2D eigenvalue weighted by Crippen LogP contribution is -2.39. The highest BCUT2D eigenvalue weighted by Crippen LogP contribution is 2.56. The average Bonchev–Trinajstić information content (AvgIpc) is 3.21. The van der Waals surface area contributed by atoms with Gasteiger partial charge in [0.2, 0.25) is 0 Å². The minimum absolute atomic E-state index is 0.0163. The van der Waals surface area contributed by atoms with Crippen molar-refractivity contribution in [3.05, 3.63) is 86.7 Å². The zero-order valence-electron chi connectivity index (χ0n) is 17.4. The number of hydrogen-bond acceptors (Lipinski definition) is 5. The summed E-state index contributed by atoms with van der Waals surface area (Å²) in [7, 11) is 0. The average molecular weight is 435 g/mol. The Hall–Kier alpha value is -2.77. The molecule has 31 heavy (non-hydrogen) atoms. The number of benzene rings is 1. The highest BCUT2D eigenvalue weighted by Gasteiger charge is 2.57.